The number of aliphatic hydroxyl groups is 1. The Kier molecular flexibility index (Phi) is 6.70. The fourth-order valence-electron chi connectivity index (χ4n) is 3.91. The molecule has 168 valence electrons. The van der Waals surface area contributed by atoms with Crippen LogP contribution in [0.2, 0.25) is 0 Å². The van der Waals surface area contributed by atoms with Gasteiger partial charge in [-0.25, -0.2) is 9.97 Å². The van der Waals surface area contributed by atoms with Crippen molar-refractivity contribution in [3.05, 3.63) is 54.2 Å². The average Bonchev–Trinajstić information content (AvgIpc) is 3.31. The van der Waals surface area contributed by atoms with Crippen LogP contribution in [0.4, 0.5) is 5.95 Å². The fraction of sp³-hybridized carbons (Fsp3) is 0.375. The molecule has 4 rings (SSSR count). The van der Waals surface area contributed by atoms with Gasteiger partial charge in [-0.3, -0.25) is 4.79 Å². The Morgan fingerprint density at radius 1 is 1.22 bits per heavy atom. The molecule has 8 heteroatoms. The van der Waals surface area contributed by atoms with Crippen molar-refractivity contribution in [2.24, 2.45) is 0 Å². The van der Waals surface area contributed by atoms with Gasteiger partial charge in [0.1, 0.15) is 30.3 Å². The van der Waals surface area contributed by atoms with Gasteiger partial charge in [0.05, 0.1) is 18.3 Å². The third-order valence-corrected chi connectivity index (χ3v) is 5.59. The summed E-state index contributed by atoms with van der Waals surface area (Å²) >= 11 is 0. The lowest BCUT2D eigenvalue weighted by molar-refractivity contribution is -0.122. The number of nitrogens with one attached hydrogen (secondary N) is 1. The van der Waals surface area contributed by atoms with E-state index in [4.69, 9.17) is 9.47 Å². The lowest BCUT2D eigenvalue weighted by Crippen LogP contribution is -2.46. The van der Waals surface area contributed by atoms with Gasteiger partial charge in [0.15, 0.2) is 0 Å². The zero-order chi connectivity index (χ0) is 22.5. The third kappa shape index (κ3) is 4.91. The Balaban J connectivity index is 1.34. The Hall–Kier alpha value is -3.39. The number of hydrogen-bond acceptors (Lipinski definition) is 7. The van der Waals surface area contributed by atoms with Crippen LogP contribution in [0.1, 0.15) is 18.5 Å². The van der Waals surface area contributed by atoms with Gasteiger partial charge < -0.3 is 24.8 Å². The Labute approximate surface area is 187 Å². The predicted molar refractivity (Wildman–Crippen MR) is 122 cm³/mol. The summed E-state index contributed by atoms with van der Waals surface area (Å²) in [5.74, 6) is 1.70. The number of ether oxygens (including phenoxy) is 2. The standard InChI is InChI=1S/C24H28N4O4/c1-16-20-9-3-4-10-21(20)27-24(26-16)28-12-6-11-22(28)23(30)25-14-17(29)15-32-19-8-5-7-18(13-19)31-2/h3-5,7-10,13,17,22,29H,6,11-12,14-15H2,1-2H3,(H,25,30)/t17-,22+/m1/s1. The number of carbonyl (C=O) groups is 1. The van der Waals surface area contributed by atoms with E-state index >= 15 is 0 Å². The number of aryl methyl sites for hydroxylation is 1. The average molecular weight is 437 g/mol. The molecule has 0 aliphatic carbocycles. The summed E-state index contributed by atoms with van der Waals surface area (Å²) in [5, 5.41) is 14.1. The predicted octanol–water partition coefficient (Wildman–Crippen LogP) is 2.47. The first kappa shape index (κ1) is 21.8. The maximum absolute atomic E-state index is 12.9. The summed E-state index contributed by atoms with van der Waals surface area (Å²) in [6.07, 6.45) is 0.769. The number of benzene rings is 2. The van der Waals surface area contributed by atoms with Crippen LogP contribution >= 0.6 is 0 Å². The second-order valence-electron chi connectivity index (χ2n) is 7.87. The second kappa shape index (κ2) is 9.82. The number of carbonyl (C=O) groups excluding carboxylic acids is 1. The third-order valence-electron chi connectivity index (χ3n) is 5.59. The number of hydrogen-bond donors (Lipinski definition) is 2. The van der Waals surface area contributed by atoms with Crippen LogP contribution in [0.15, 0.2) is 48.5 Å². The number of amides is 1. The number of methoxy groups -OCH3 is 1. The molecule has 0 bridgehead atoms. The number of fused-ring (bicyclic) bond motifs is 1. The Morgan fingerprint density at radius 3 is 2.88 bits per heavy atom. The second-order valence-corrected chi connectivity index (χ2v) is 7.87. The van der Waals surface area contributed by atoms with Crippen molar-refractivity contribution in [2.75, 3.05) is 31.7 Å². The van der Waals surface area contributed by atoms with Crippen LogP contribution in [0.5, 0.6) is 11.5 Å². The summed E-state index contributed by atoms with van der Waals surface area (Å²) in [4.78, 5) is 24.1. The molecule has 1 aromatic heterocycles. The maximum atomic E-state index is 12.9. The highest BCUT2D eigenvalue weighted by Crippen LogP contribution is 2.26. The van der Waals surface area contributed by atoms with Crippen molar-refractivity contribution < 1.29 is 19.4 Å². The largest absolute Gasteiger partial charge is 0.497 e. The van der Waals surface area contributed by atoms with E-state index in [1.807, 2.05) is 48.2 Å². The van der Waals surface area contributed by atoms with Crippen LogP contribution in [0, 0.1) is 6.92 Å². The van der Waals surface area contributed by atoms with Crippen LogP contribution < -0.4 is 19.7 Å². The van der Waals surface area contributed by atoms with Crippen molar-refractivity contribution >= 4 is 22.8 Å². The molecule has 1 aliphatic heterocycles. The zero-order valence-corrected chi connectivity index (χ0v) is 18.3. The number of nitrogens with zero attached hydrogens (tertiary/aromatic N) is 3. The van der Waals surface area contributed by atoms with Gasteiger partial charge >= 0.3 is 0 Å². The van der Waals surface area contributed by atoms with Crippen molar-refractivity contribution in [2.45, 2.75) is 31.9 Å². The highest BCUT2D eigenvalue weighted by Gasteiger charge is 2.33. The summed E-state index contributed by atoms with van der Waals surface area (Å²) in [6.45, 7) is 2.84. The first-order chi connectivity index (χ1) is 15.5. The quantitative estimate of drug-likeness (QED) is 0.560. The molecule has 32 heavy (non-hydrogen) atoms. The topological polar surface area (TPSA) is 96.8 Å². The molecular weight excluding hydrogens is 408 g/mol. The van der Waals surface area contributed by atoms with E-state index in [0.717, 1.165) is 36.0 Å². The molecule has 2 N–H and O–H groups in total. The van der Waals surface area contributed by atoms with Crippen LogP contribution in [0.3, 0.4) is 0 Å². The van der Waals surface area contributed by atoms with E-state index in [2.05, 4.69) is 15.3 Å². The Morgan fingerprint density at radius 2 is 2.03 bits per heavy atom. The molecule has 0 spiro atoms. The van der Waals surface area contributed by atoms with E-state index in [1.54, 1.807) is 19.2 Å². The summed E-state index contributed by atoms with van der Waals surface area (Å²) in [6, 6.07) is 14.7. The first-order valence-corrected chi connectivity index (χ1v) is 10.8. The molecule has 0 unspecified atom stereocenters. The molecule has 3 aromatic rings. The van der Waals surface area contributed by atoms with Gasteiger partial charge in [0.2, 0.25) is 11.9 Å². The molecular formula is C24H28N4O4. The maximum Gasteiger partial charge on any atom is 0.242 e. The molecule has 1 aliphatic rings. The van der Waals surface area contributed by atoms with E-state index in [-0.39, 0.29) is 25.1 Å². The van der Waals surface area contributed by atoms with E-state index in [0.29, 0.717) is 17.4 Å². The molecule has 8 nitrogen and oxygen atoms in total. The molecule has 1 fully saturated rings. The van der Waals surface area contributed by atoms with E-state index in [9.17, 15) is 9.90 Å². The van der Waals surface area contributed by atoms with Crippen LogP contribution in [-0.4, -0.2) is 59.9 Å². The number of aromatic nitrogens is 2. The van der Waals surface area contributed by atoms with Gasteiger partial charge in [-0.2, -0.15) is 0 Å². The summed E-state index contributed by atoms with van der Waals surface area (Å²) < 4.78 is 10.8. The minimum Gasteiger partial charge on any atom is -0.497 e. The van der Waals surface area contributed by atoms with Gasteiger partial charge in [-0.15, -0.1) is 0 Å². The van der Waals surface area contributed by atoms with Crippen molar-refractivity contribution in [3.8, 4) is 11.5 Å². The smallest absolute Gasteiger partial charge is 0.242 e. The molecule has 2 heterocycles. The molecule has 0 radical (unpaired) electrons. The van der Waals surface area contributed by atoms with Gasteiger partial charge in [-0.05, 0) is 38.0 Å². The van der Waals surface area contributed by atoms with Gasteiger partial charge in [0.25, 0.3) is 0 Å². The number of para-hydroxylation sites is 1. The molecule has 2 aromatic carbocycles. The minimum atomic E-state index is -0.834. The molecule has 2 atom stereocenters. The lowest BCUT2D eigenvalue weighted by Gasteiger charge is -2.25. The number of rotatable bonds is 8. The SMILES string of the molecule is COc1cccc(OC[C@H](O)CNC(=O)[C@@H]2CCCN2c2nc(C)c3ccccc3n2)c1. The lowest BCUT2D eigenvalue weighted by atomic mass is 10.2. The fourth-order valence-corrected chi connectivity index (χ4v) is 3.91. The number of aliphatic hydroxyl groups excluding tert-OH is 1. The monoisotopic (exact) mass is 436 g/mol. The highest BCUT2D eigenvalue weighted by molar-refractivity contribution is 5.86. The number of anilines is 1. The zero-order valence-electron chi connectivity index (χ0n) is 18.3. The molecule has 1 amide bonds. The first-order valence-electron chi connectivity index (χ1n) is 10.8. The highest BCUT2D eigenvalue weighted by atomic mass is 16.5. The van der Waals surface area contributed by atoms with Crippen LogP contribution in [0.25, 0.3) is 10.9 Å². The van der Waals surface area contributed by atoms with Crippen molar-refractivity contribution in [3.63, 3.8) is 0 Å². The normalized spacial score (nSPS) is 16.7. The van der Waals surface area contributed by atoms with Crippen LogP contribution in [-0.2, 0) is 4.79 Å². The van der Waals surface area contributed by atoms with Crippen molar-refractivity contribution in [1.29, 1.82) is 0 Å². The molecule has 1 saturated heterocycles. The Bertz CT molecular complexity index is 1090. The van der Waals surface area contributed by atoms with Gasteiger partial charge in [-0.1, -0.05) is 24.3 Å². The van der Waals surface area contributed by atoms with Gasteiger partial charge in [0, 0.05) is 24.5 Å². The minimum absolute atomic E-state index is 0.0643. The van der Waals surface area contributed by atoms with E-state index in [1.165, 1.54) is 0 Å². The van der Waals surface area contributed by atoms with E-state index < -0.39 is 6.10 Å². The summed E-state index contributed by atoms with van der Waals surface area (Å²) in [5.41, 5.74) is 1.76. The summed E-state index contributed by atoms with van der Waals surface area (Å²) in [7, 11) is 1.58. The molecule has 0 saturated carbocycles. The van der Waals surface area contributed by atoms with Crippen molar-refractivity contribution in [1.82, 2.24) is 15.3 Å².